The van der Waals surface area contributed by atoms with Crippen LogP contribution in [0.25, 0.3) is 0 Å². The van der Waals surface area contributed by atoms with E-state index >= 15 is 0 Å². The Bertz CT molecular complexity index is 16.5. The van der Waals surface area contributed by atoms with Gasteiger partial charge in [0.25, 0.3) is 0 Å². The first kappa shape index (κ1) is 16.9. The van der Waals surface area contributed by atoms with Crippen molar-refractivity contribution in [3.05, 3.63) is 13.8 Å². The van der Waals surface area contributed by atoms with E-state index in [0.717, 1.165) is 6.42 Å². The molecular formula is C8H18Ba. The van der Waals surface area contributed by atoms with Gasteiger partial charge in [0.1, 0.15) is 0 Å². The van der Waals surface area contributed by atoms with Crippen LogP contribution in [0.2, 0.25) is 0 Å². The molecule has 9 heavy (non-hydrogen) atoms. The van der Waals surface area contributed by atoms with Gasteiger partial charge in [-0.15, -0.1) is 0 Å². The maximum absolute atomic E-state index is 3.72. The Morgan fingerprint density at radius 2 is 1.56 bits per heavy atom. The fourth-order valence-electron chi connectivity index (χ4n) is 0.427. The van der Waals surface area contributed by atoms with Crippen LogP contribution < -0.4 is 0 Å². The van der Waals surface area contributed by atoms with Gasteiger partial charge in [0.15, 0.2) is 0 Å². The molecule has 0 aromatic rings. The third-order valence-electron chi connectivity index (χ3n) is 0.854. The van der Waals surface area contributed by atoms with Gasteiger partial charge in [0, 0.05) is 0 Å². The molecule has 0 aromatic heterocycles. The zero-order valence-corrected chi connectivity index (χ0v) is 11.4. The summed E-state index contributed by atoms with van der Waals surface area (Å²) in [4.78, 5) is 0. The average Bonchev–Trinajstić information content (AvgIpc) is 1.88. The van der Waals surface area contributed by atoms with E-state index < -0.39 is 0 Å². The topological polar surface area (TPSA) is 0 Å². The van der Waals surface area contributed by atoms with Crippen LogP contribution in [0.15, 0.2) is 0 Å². The van der Waals surface area contributed by atoms with E-state index in [1.165, 1.54) is 19.3 Å². The zero-order chi connectivity index (χ0) is 6.83. The number of hydrogen-bond acceptors (Lipinski definition) is 0. The fraction of sp³-hybridized carbons (Fsp3) is 0.750. The largest absolute Gasteiger partial charge is 2.00 e. The predicted molar refractivity (Wildman–Crippen MR) is 46.3 cm³/mol. The van der Waals surface area contributed by atoms with Crippen molar-refractivity contribution in [2.45, 2.75) is 39.5 Å². The SMILES string of the molecule is [Ba+2].[CH2-]C.[CH2-]CCCCC. The molecule has 0 aliphatic carbocycles. The first-order valence-electron chi connectivity index (χ1n) is 3.41. The molecular weight excluding hydrogens is 233 g/mol. The van der Waals surface area contributed by atoms with E-state index in [2.05, 4.69) is 20.8 Å². The van der Waals surface area contributed by atoms with E-state index in [0.29, 0.717) is 0 Å². The van der Waals surface area contributed by atoms with Crippen molar-refractivity contribution in [1.29, 1.82) is 0 Å². The second-order valence-electron chi connectivity index (χ2n) is 1.56. The van der Waals surface area contributed by atoms with Crippen LogP contribution in [0, 0.1) is 13.8 Å². The van der Waals surface area contributed by atoms with Crippen molar-refractivity contribution in [3.63, 3.8) is 0 Å². The van der Waals surface area contributed by atoms with E-state index in [9.17, 15) is 0 Å². The number of unbranched alkanes of at least 4 members (excludes halogenated alkanes) is 3. The van der Waals surface area contributed by atoms with Crippen molar-refractivity contribution < 1.29 is 0 Å². The van der Waals surface area contributed by atoms with Crippen LogP contribution in [-0.4, -0.2) is 48.9 Å². The van der Waals surface area contributed by atoms with Crippen LogP contribution in [0.1, 0.15) is 39.5 Å². The van der Waals surface area contributed by atoms with Crippen LogP contribution in [0.3, 0.4) is 0 Å². The third kappa shape index (κ3) is 26.3. The average molecular weight is 252 g/mol. The van der Waals surface area contributed by atoms with Gasteiger partial charge in [-0.25, -0.2) is 0 Å². The van der Waals surface area contributed by atoms with E-state index in [1.807, 2.05) is 0 Å². The molecule has 0 rings (SSSR count). The Morgan fingerprint density at radius 1 is 1.11 bits per heavy atom. The maximum atomic E-state index is 3.72. The Labute approximate surface area is 101 Å². The summed E-state index contributed by atoms with van der Waals surface area (Å²) in [5.74, 6) is 0. The number of hydrogen-bond donors (Lipinski definition) is 0. The zero-order valence-electron chi connectivity index (χ0n) is 6.95. The molecule has 0 atom stereocenters. The summed E-state index contributed by atoms with van der Waals surface area (Å²) >= 11 is 0. The normalized spacial score (nSPS) is 6.67. The van der Waals surface area contributed by atoms with E-state index in [4.69, 9.17) is 0 Å². The molecule has 0 spiro atoms. The molecule has 0 heterocycles. The molecule has 0 amide bonds. The first-order valence-corrected chi connectivity index (χ1v) is 3.41. The van der Waals surface area contributed by atoms with Crippen LogP contribution in [-0.2, 0) is 0 Å². The van der Waals surface area contributed by atoms with E-state index in [-0.39, 0.29) is 48.9 Å². The standard InChI is InChI=1S/C6H13.C2H5.Ba/c1-3-5-6-4-2;1-2;/h1,3-6H2,2H3;1H2,2H3;/q2*-1;+2. The minimum atomic E-state index is 0. The van der Waals surface area contributed by atoms with Gasteiger partial charge < -0.3 is 13.8 Å². The molecule has 0 aliphatic heterocycles. The van der Waals surface area contributed by atoms with Gasteiger partial charge >= 0.3 is 48.9 Å². The summed E-state index contributed by atoms with van der Waals surface area (Å²) in [5.41, 5.74) is 0. The summed E-state index contributed by atoms with van der Waals surface area (Å²) in [6.07, 6.45) is 5.07. The molecule has 0 saturated heterocycles. The minimum Gasteiger partial charge on any atom is -0.346 e. The molecule has 0 N–H and O–H groups in total. The van der Waals surface area contributed by atoms with Gasteiger partial charge in [0.2, 0.25) is 0 Å². The smallest absolute Gasteiger partial charge is 0.346 e. The predicted octanol–water partition coefficient (Wildman–Crippen LogP) is 2.86. The van der Waals surface area contributed by atoms with Crippen molar-refractivity contribution in [1.82, 2.24) is 0 Å². The van der Waals surface area contributed by atoms with Crippen molar-refractivity contribution >= 4 is 48.9 Å². The quantitative estimate of drug-likeness (QED) is 0.411. The van der Waals surface area contributed by atoms with Crippen LogP contribution in [0.5, 0.6) is 0 Å². The molecule has 0 nitrogen and oxygen atoms in total. The molecule has 0 aliphatic rings. The second kappa shape index (κ2) is 22.7. The summed E-state index contributed by atoms with van der Waals surface area (Å²) < 4.78 is 0. The van der Waals surface area contributed by atoms with Gasteiger partial charge in [-0.1, -0.05) is 26.2 Å². The molecule has 0 saturated carbocycles. The number of rotatable bonds is 3. The third-order valence-corrected chi connectivity index (χ3v) is 0.854. The molecule has 0 fully saturated rings. The van der Waals surface area contributed by atoms with E-state index in [1.54, 1.807) is 6.92 Å². The van der Waals surface area contributed by atoms with Crippen LogP contribution >= 0.6 is 0 Å². The molecule has 0 aromatic carbocycles. The fourth-order valence-corrected chi connectivity index (χ4v) is 0.427. The Hall–Kier alpha value is 1.57. The Balaban J connectivity index is -0.000000109. The first-order chi connectivity index (χ1) is 3.91. The Morgan fingerprint density at radius 3 is 1.67 bits per heavy atom. The van der Waals surface area contributed by atoms with Crippen molar-refractivity contribution in [3.8, 4) is 0 Å². The van der Waals surface area contributed by atoms with Gasteiger partial charge in [-0.3, -0.25) is 0 Å². The summed E-state index contributed by atoms with van der Waals surface area (Å²) in [6, 6.07) is 0. The molecule has 52 valence electrons. The van der Waals surface area contributed by atoms with Crippen molar-refractivity contribution in [2.24, 2.45) is 0 Å². The van der Waals surface area contributed by atoms with Crippen molar-refractivity contribution in [2.75, 3.05) is 0 Å². The van der Waals surface area contributed by atoms with Gasteiger partial charge in [-0.2, -0.15) is 13.3 Å². The monoisotopic (exact) mass is 252 g/mol. The Kier molecular flexibility index (Phi) is 42.5. The molecule has 1 heteroatoms. The molecule has 0 radical (unpaired) electrons. The maximum Gasteiger partial charge on any atom is 2.00 e. The minimum absolute atomic E-state index is 0. The van der Waals surface area contributed by atoms with Gasteiger partial charge in [-0.05, 0) is 0 Å². The summed E-state index contributed by atoms with van der Waals surface area (Å²) in [6.45, 7) is 10.9. The van der Waals surface area contributed by atoms with Gasteiger partial charge in [0.05, 0.1) is 0 Å². The van der Waals surface area contributed by atoms with Crippen LogP contribution in [0.4, 0.5) is 0 Å². The molecule has 0 unspecified atom stereocenters. The molecule has 0 bridgehead atoms. The second-order valence-corrected chi connectivity index (χ2v) is 1.56. The summed E-state index contributed by atoms with van der Waals surface area (Å²) in [5, 5.41) is 0. The summed E-state index contributed by atoms with van der Waals surface area (Å²) in [7, 11) is 0.